The summed E-state index contributed by atoms with van der Waals surface area (Å²) < 4.78 is 0. The molecular formula is C20H18N2O2. The predicted octanol–water partition coefficient (Wildman–Crippen LogP) is 4.31. The van der Waals surface area contributed by atoms with Gasteiger partial charge in [-0.2, -0.15) is 0 Å². The van der Waals surface area contributed by atoms with Crippen molar-refractivity contribution in [2.45, 2.75) is 20.8 Å². The van der Waals surface area contributed by atoms with Crippen LogP contribution in [0.4, 0.5) is 5.69 Å². The summed E-state index contributed by atoms with van der Waals surface area (Å²) in [6, 6.07) is 14.6. The van der Waals surface area contributed by atoms with Crippen molar-refractivity contribution in [3.63, 3.8) is 0 Å². The van der Waals surface area contributed by atoms with Crippen LogP contribution in [0.2, 0.25) is 0 Å². The lowest BCUT2D eigenvalue weighted by Crippen LogP contribution is -2.15. The maximum absolute atomic E-state index is 12.8. The van der Waals surface area contributed by atoms with E-state index in [9.17, 15) is 9.59 Å². The zero-order valence-electron chi connectivity index (χ0n) is 13.9. The summed E-state index contributed by atoms with van der Waals surface area (Å²) in [6.07, 6.45) is 0. The highest BCUT2D eigenvalue weighted by Crippen LogP contribution is 2.22. The number of aromatic nitrogens is 1. The fourth-order valence-electron chi connectivity index (χ4n) is 2.75. The van der Waals surface area contributed by atoms with E-state index < -0.39 is 0 Å². The monoisotopic (exact) mass is 318 g/mol. The molecule has 4 nitrogen and oxygen atoms in total. The molecule has 0 atom stereocenters. The number of fused-ring (bicyclic) bond motifs is 1. The topological polar surface area (TPSA) is 59.1 Å². The van der Waals surface area contributed by atoms with Gasteiger partial charge >= 0.3 is 0 Å². The molecule has 0 aliphatic carbocycles. The van der Waals surface area contributed by atoms with Crippen LogP contribution < -0.4 is 5.32 Å². The Morgan fingerprint density at radius 3 is 2.46 bits per heavy atom. The standard InChI is InChI=1S/C20H18N2O2/c1-12-8-9-19-16(10-12)17(11-13(2)21-19)20(24)22-18-7-5-4-6-15(18)14(3)23/h4-11H,1-3H3,(H,22,24). The second-order valence-corrected chi connectivity index (χ2v) is 5.89. The van der Waals surface area contributed by atoms with Crippen LogP contribution in [0.15, 0.2) is 48.5 Å². The third-order valence-corrected chi connectivity index (χ3v) is 3.89. The highest BCUT2D eigenvalue weighted by Gasteiger charge is 2.15. The van der Waals surface area contributed by atoms with Crippen LogP contribution in [0.1, 0.15) is 38.9 Å². The Bertz CT molecular complexity index is 961. The van der Waals surface area contributed by atoms with E-state index in [1.165, 1.54) is 6.92 Å². The first kappa shape index (κ1) is 15.9. The summed E-state index contributed by atoms with van der Waals surface area (Å²) in [6.45, 7) is 5.33. The fourth-order valence-corrected chi connectivity index (χ4v) is 2.75. The second-order valence-electron chi connectivity index (χ2n) is 5.89. The summed E-state index contributed by atoms with van der Waals surface area (Å²) in [5.41, 5.74) is 4.19. The largest absolute Gasteiger partial charge is 0.321 e. The van der Waals surface area contributed by atoms with Crippen molar-refractivity contribution in [2.75, 3.05) is 5.32 Å². The van der Waals surface area contributed by atoms with Crippen molar-refractivity contribution in [1.82, 2.24) is 4.98 Å². The number of rotatable bonds is 3. The molecule has 120 valence electrons. The molecule has 1 amide bonds. The molecule has 0 unspecified atom stereocenters. The van der Waals surface area contributed by atoms with Crippen LogP contribution in [-0.2, 0) is 0 Å². The van der Waals surface area contributed by atoms with Crippen molar-refractivity contribution in [1.29, 1.82) is 0 Å². The molecule has 2 aromatic carbocycles. The highest BCUT2D eigenvalue weighted by molar-refractivity contribution is 6.14. The van der Waals surface area contributed by atoms with Gasteiger partial charge in [-0.1, -0.05) is 23.8 Å². The lowest BCUT2D eigenvalue weighted by atomic mass is 10.0. The molecule has 0 radical (unpaired) electrons. The highest BCUT2D eigenvalue weighted by atomic mass is 16.1. The molecule has 0 fully saturated rings. The molecule has 1 heterocycles. The van der Waals surface area contributed by atoms with Gasteiger partial charge < -0.3 is 5.32 Å². The third-order valence-electron chi connectivity index (χ3n) is 3.89. The summed E-state index contributed by atoms with van der Waals surface area (Å²) in [5, 5.41) is 3.66. The molecule has 3 rings (SSSR count). The van der Waals surface area contributed by atoms with Crippen molar-refractivity contribution in [2.24, 2.45) is 0 Å². The number of aryl methyl sites for hydroxylation is 2. The summed E-state index contributed by atoms with van der Waals surface area (Å²) in [5.74, 6) is -0.331. The zero-order chi connectivity index (χ0) is 17.3. The number of para-hydroxylation sites is 1. The molecule has 4 heteroatoms. The quantitative estimate of drug-likeness (QED) is 0.732. The maximum atomic E-state index is 12.8. The first-order valence-corrected chi connectivity index (χ1v) is 7.75. The van der Waals surface area contributed by atoms with Crippen LogP contribution in [0.5, 0.6) is 0 Å². The van der Waals surface area contributed by atoms with Gasteiger partial charge in [0, 0.05) is 16.6 Å². The van der Waals surface area contributed by atoms with E-state index in [0.717, 1.165) is 22.2 Å². The van der Waals surface area contributed by atoms with Gasteiger partial charge in [-0.25, -0.2) is 0 Å². The van der Waals surface area contributed by atoms with E-state index in [0.29, 0.717) is 16.8 Å². The Balaban J connectivity index is 2.07. The van der Waals surface area contributed by atoms with Crippen LogP contribution in [0.25, 0.3) is 10.9 Å². The SMILES string of the molecule is CC(=O)c1ccccc1NC(=O)c1cc(C)nc2ccc(C)cc12. The van der Waals surface area contributed by atoms with Crippen LogP contribution >= 0.6 is 0 Å². The van der Waals surface area contributed by atoms with Gasteiger partial charge in [0.2, 0.25) is 0 Å². The lowest BCUT2D eigenvalue weighted by Gasteiger charge is -2.12. The Hall–Kier alpha value is -3.01. The van der Waals surface area contributed by atoms with E-state index in [2.05, 4.69) is 10.3 Å². The Morgan fingerprint density at radius 1 is 0.958 bits per heavy atom. The number of benzene rings is 2. The Morgan fingerprint density at radius 2 is 1.71 bits per heavy atom. The van der Waals surface area contributed by atoms with E-state index in [1.807, 2.05) is 32.0 Å². The number of anilines is 1. The number of pyridine rings is 1. The number of Topliss-reactive ketones (excluding diaryl/α,β-unsaturated/α-hetero) is 1. The van der Waals surface area contributed by atoms with E-state index >= 15 is 0 Å². The molecule has 0 spiro atoms. The van der Waals surface area contributed by atoms with E-state index in [4.69, 9.17) is 0 Å². The van der Waals surface area contributed by atoms with Crippen molar-refractivity contribution in [3.05, 3.63) is 70.9 Å². The zero-order valence-corrected chi connectivity index (χ0v) is 13.9. The second kappa shape index (κ2) is 6.24. The first-order valence-electron chi connectivity index (χ1n) is 7.75. The minimum atomic E-state index is -0.246. The summed E-state index contributed by atoms with van der Waals surface area (Å²) in [4.78, 5) is 29.0. The third kappa shape index (κ3) is 3.04. The molecule has 0 saturated heterocycles. The molecule has 24 heavy (non-hydrogen) atoms. The van der Waals surface area contributed by atoms with Gasteiger partial charge in [0.1, 0.15) is 0 Å². The number of nitrogens with one attached hydrogen (secondary N) is 1. The number of amides is 1. The number of nitrogens with zero attached hydrogens (tertiary/aromatic N) is 1. The minimum absolute atomic E-state index is 0.0856. The van der Waals surface area contributed by atoms with Gasteiger partial charge in [0.05, 0.1) is 16.8 Å². The molecule has 3 aromatic rings. The Labute approximate surface area is 140 Å². The minimum Gasteiger partial charge on any atom is -0.321 e. The molecule has 0 aliphatic heterocycles. The van der Waals surface area contributed by atoms with E-state index in [1.54, 1.807) is 30.3 Å². The van der Waals surface area contributed by atoms with Gasteiger partial charge in [0.15, 0.2) is 5.78 Å². The Kier molecular flexibility index (Phi) is 4.13. The first-order chi connectivity index (χ1) is 11.5. The normalized spacial score (nSPS) is 10.6. The van der Waals surface area contributed by atoms with Crippen LogP contribution in [-0.4, -0.2) is 16.7 Å². The van der Waals surface area contributed by atoms with Crippen molar-refractivity contribution in [3.8, 4) is 0 Å². The van der Waals surface area contributed by atoms with Gasteiger partial charge in [-0.15, -0.1) is 0 Å². The number of carbonyl (C=O) groups is 2. The van der Waals surface area contributed by atoms with Gasteiger partial charge in [-0.05, 0) is 51.1 Å². The maximum Gasteiger partial charge on any atom is 0.256 e. The summed E-state index contributed by atoms with van der Waals surface area (Å²) >= 11 is 0. The molecule has 1 aromatic heterocycles. The number of hydrogen-bond donors (Lipinski definition) is 1. The molecular weight excluding hydrogens is 300 g/mol. The lowest BCUT2D eigenvalue weighted by molar-refractivity contribution is 0.101. The average Bonchev–Trinajstić information content (AvgIpc) is 2.54. The predicted molar refractivity (Wildman–Crippen MR) is 95.6 cm³/mol. The number of ketones is 1. The van der Waals surface area contributed by atoms with Gasteiger partial charge in [0.25, 0.3) is 5.91 Å². The fraction of sp³-hybridized carbons (Fsp3) is 0.150. The van der Waals surface area contributed by atoms with Crippen molar-refractivity contribution >= 4 is 28.3 Å². The molecule has 0 aliphatic rings. The average molecular weight is 318 g/mol. The van der Waals surface area contributed by atoms with Gasteiger partial charge in [-0.3, -0.25) is 14.6 Å². The van der Waals surface area contributed by atoms with Crippen LogP contribution in [0.3, 0.4) is 0 Å². The van der Waals surface area contributed by atoms with E-state index in [-0.39, 0.29) is 11.7 Å². The van der Waals surface area contributed by atoms with Crippen LogP contribution in [0, 0.1) is 13.8 Å². The molecule has 1 N–H and O–H groups in total. The smallest absolute Gasteiger partial charge is 0.256 e. The summed E-state index contributed by atoms with van der Waals surface area (Å²) in [7, 11) is 0. The number of hydrogen-bond acceptors (Lipinski definition) is 3. The van der Waals surface area contributed by atoms with Crippen molar-refractivity contribution < 1.29 is 9.59 Å². The number of carbonyl (C=O) groups excluding carboxylic acids is 2. The molecule has 0 bridgehead atoms. The molecule has 0 saturated carbocycles.